The van der Waals surface area contributed by atoms with E-state index in [4.69, 9.17) is 0 Å². The Morgan fingerprint density at radius 3 is 2.55 bits per heavy atom. The molecular weight excluding hydrogens is 265 g/mol. The fraction of sp³-hybridized carbons (Fsp3) is 0.625. The summed E-state index contributed by atoms with van der Waals surface area (Å²) in [4.78, 5) is 0. The van der Waals surface area contributed by atoms with Crippen LogP contribution in [0.1, 0.15) is 50.7 Å². The number of rotatable bonds is 2. The maximum absolute atomic E-state index is 12.8. The van der Waals surface area contributed by atoms with Crippen molar-refractivity contribution >= 4 is 0 Å². The summed E-state index contributed by atoms with van der Waals surface area (Å²) in [6.45, 7) is 4.04. The molecule has 0 aliphatic heterocycles. The van der Waals surface area contributed by atoms with Crippen LogP contribution in [0.15, 0.2) is 24.3 Å². The van der Waals surface area contributed by atoms with E-state index in [1.807, 2.05) is 13.8 Å². The van der Waals surface area contributed by atoms with Gasteiger partial charge in [0.05, 0.1) is 11.2 Å². The first-order valence-corrected chi connectivity index (χ1v) is 7.15. The number of hydrogen-bond acceptors (Lipinski definition) is 1. The van der Waals surface area contributed by atoms with Crippen LogP contribution >= 0.6 is 0 Å². The van der Waals surface area contributed by atoms with E-state index in [2.05, 4.69) is 0 Å². The predicted molar refractivity (Wildman–Crippen MR) is 72.1 cm³/mol. The summed E-state index contributed by atoms with van der Waals surface area (Å²) in [6, 6.07) is 5.18. The maximum atomic E-state index is 12.8. The molecule has 0 radical (unpaired) electrons. The summed E-state index contributed by atoms with van der Waals surface area (Å²) in [5.41, 5.74) is -1.41. The Balaban J connectivity index is 2.42. The van der Waals surface area contributed by atoms with E-state index in [-0.39, 0.29) is 11.8 Å². The van der Waals surface area contributed by atoms with Gasteiger partial charge in [-0.3, -0.25) is 0 Å². The molecule has 1 N–H and O–H groups in total. The van der Waals surface area contributed by atoms with E-state index in [9.17, 15) is 18.3 Å². The van der Waals surface area contributed by atoms with Gasteiger partial charge in [0.1, 0.15) is 0 Å². The third kappa shape index (κ3) is 2.85. The van der Waals surface area contributed by atoms with Crippen LogP contribution in [0, 0.1) is 11.8 Å². The first-order valence-electron chi connectivity index (χ1n) is 7.15. The fourth-order valence-electron chi connectivity index (χ4n) is 3.39. The van der Waals surface area contributed by atoms with Crippen LogP contribution in [0.4, 0.5) is 13.2 Å². The van der Waals surface area contributed by atoms with Crippen LogP contribution in [0.2, 0.25) is 0 Å². The molecule has 1 aliphatic rings. The molecule has 2 rings (SSSR count). The SMILES string of the molecule is CC(C)C1CCCCC1(O)c1cccc(C(F)(F)F)c1. The van der Waals surface area contributed by atoms with Crippen molar-refractivity contribution in [2.24, 2.45) is 11.8 Å². The quantitative estimate of drug-likeness (QED) is 0.832. The molecule has 0 amide bonds. The number of halogens is 3. The number of hydrogen-bond donors (Lipinski definition) is 1. The summed E-state index contributed by atoms with van der Waals surface area (Å²) in [5.74, 6) is 0.259. The molecule has 0 bridgehead atoms. The van der Waals surface area contributed by atoms with Crippen LogP contribution < -0.4 is 0 Å². The molecule has 2 atom stereocenters. The van der Waals surface area contributed by atoms with Crippen LogP contribution in [-0.2, 0) is 11.8 Å². The minimum Gasteiger partial charge on any atom is -0.385 e. The first kappa shape index (κ1) is 15.4. The molecule has 2 unspecified atom stereocenters. The molecule has 0 heterocycles. The summed E-state index contributed by atoms with van der Waals surface area (Å²) in [5, 5.41) is 11.0. The number of alkyl halides is 3. The van der Waals surface area contributed by atoms with Crippen molar-refractivity contribution in [2.45, 2.75) is 51.3 Å². The molecule has 4 heteroatoms. The highest BCUT2D eigenvalue weighted by Crippen LogP contribution is 2.46. The lowest BCUT2D eigenvalue weighted by atomic mass is 9.67. The highest BCUT2D eigenvalue weighted by atomic mass is 19.4. The Morgan fingerprint density at radius 2 is 1.95 bits per heavy atom. The predicted octanol–water partition coefficient (Wildman–Crippen LogP) is 4.74. The lowest BCUT2D eigenvalue weighted by Gasteiger charge is -2.43. The van der Waals surface area contributed by atoms with E-state index in [1.165, 1.54) is 6.07 Å². The van der Waals surface area contributed by atoms with Gasteiger partial charge in [-0.15, -0.1) is 0 Å². The molecule has 1 fully saturated rings. The maximum Gasteiger partial charge on any atom is 0.416 e. The van der Waals surface area contributed by atoms with Crippen molar-refractivity contribution in [3.8, 4) is 0 Å². The summed E-state index contributed by atoms with van der Waals surface area (Å²) in [6.07, 6.45) is -1.07. The van der Waals surface area contributed by atoms with Gasteiger partial charge in [0.25, 0.3) is 0 Å². The zero-order valence-corrected chi connectivity index (χ0v) is 11.9. The average molecular weight is 286 g/mol. The van der Waals surface area contributed by atoms with E-state index in [0.717, 1.165) is 31.4 Å². The Labute approximate surface area is 117 Å². The molecule has 1 aliphatic carbocycles. The van der Waals surface area contributed by atoms with E-state index in [0.29, 0.717) is 12.0 Å². The molecule has 1 aromatic carbocycles. The van der Waals surface area contributed by atoms with Crippen molar-refractivity contribution in [3.05, 3.63) is 35.4 Å². The third-order valence-electron chi connectivity index (χ3n) is 4.43. The fourth-order valence-corrected chi connectivity index (χ4v) is 3.39. The molecular formula is C16H21F3O. The molecule has 1 nitrogen and oxygen atoms in total. The van der Waals surface area contributed by atoms with Gasteiger partial charge in [-0.2, -0.15) is 13.2 Å². The lowest BCUT2D eigenvalue weighted by molar-refractivity contribution is -0.138. The van der Waals surface area contributed by atoms with E-state index < -0.39 is 17.3 Å². The molecule has 0 aromatic heterocycles. The van der Waals surface area contributed by atoms with E-state index in [1.54, 1.807) is 6.07 Å². The van der Waals surface area contributed by atoms with Crippen molar-refractivity contribution in [1.82, 2.24) is 0 Å². The third-order valence-corrected chi connectivity index (χ3v) is 4.43. The minimum absolute atomic E-state index is 0.0136. The number of aliphatic hydroxyl groups is 1. The molecule has 20 heavy (non-hydrogen) atoms. The Morgan fingerprint density at radius 1 is 1.25 bits per heavy atom. The highest BCUT2D eigenvalue weighted by Gasteiger charge is 2.42. The van der Waals surface area contributed by atoms with E-state index >= 15 is 0 Å². The second-order valence-corrected chi connectivity index (χ2v) is 6.10. The molecule has 0 spiro atoms. The van der Waals surface area contributed by atoms with Gasteiger partial charge in [-0.25, -0.2) is 0 Å². The summed E-state index contributed by atoms with van der Waals surface area (Å²) >= 11 is 0. The van der Waals surface area contributed by atoms with Gasteiger partial charge >= 0.3 is 6.18 Å². The molecule has 1 aromatic rings. The van der Waals surface area contributed by atoms with Gasteiger partial charge in [-0.05, 0) is 42.4 Å². The van der Waals surface area contributed by atoms with Crippen molar-refractivity contribution < 1.29 is 18.3 Å². The van der Waals surface area contributed by atoms with Gasteiger partial charge < -0.3 is 5.11 Å². The monoisotopic (exact) mass is 286 g/mol. The smallest absolute Gasteiger partial charge is 0.385 e. The Hall–Kier alpha value is -1.03. The van der Waals surface area contributed by atoms with Crippen LogP contribution in [0.5, 0.6) is 0 Å². The zero-order valence-electron chi connectivity index (χ0n) is 11.9. The number of benzene rings is 1. The van der Waals surface area contributed by atoms with Crippen molar-refractivity contribution in [2.75, 3.05) is 0 Å². The minimum atomic E-state index is -4.37. The van der Waals surface area contributed by atoms with Crippen molar-refractivity contribution in [3.63, 3.8) is 0 Å². The highest BCUT2D eigenvalue weighted by molar-refractivity contribution is 5.31. The second-order valence-electron chi connectivity index (χ2n) is 6.10. The topological polar surface area (TPSA) is 20.2 Å². The summed E-state index contributed by atoms with van der Waals surface area (Å²) < 4.78 is 38.5. The second kappa shape index (κ2) is 5.40. The summed E-state index contributed by atoms with van der Waals surface area (Å²) in [7, 11) is 0. The standard InChI is InChI=1S/C16H21F3O/c1-11(2)14-8-3-4-9-15(14,20)12-6-5-7-13(10-12)16(17,18)19/h5-7,10-11,14,20H,3-4,8-9H2,1-2H3. The van der Waals surface area contributed by atoms with Gasteiger partial charge in [0, 0.05) is 0 Å². The van der Waals surface area contributed by atoms with Gasteiger partial charge in [0.2, 0.25) is 0 Å². The Kier molecular flexibility index (Phi) is 4.14. The zero-order chi connectivity index (χ0) is 15.0. The van der Waals surface area contributed by atoms with Crippen molar-refractivity contribution in [1.29, 1.82) is 0 Å². The molecule has 1 saturated carbocycles. The molecule has 112 valence electrons. The van der Waals surface area contributed by atoms with Crippen LogP contribution in [0.3, 0.4) is 0 Å². The normalized spacial score (nSPS) is 27.9. The first-order chi connectivity index (χ1) is 9.25. The van der Waals surface area contributed by atoms with Gasteiger partial charge in [-0.1, -0.05) is 38.8 Å². The van der Waals surface area contributed by atoms with Crippen LogP contribution in [0.25, 0.3) is 0 Å². The average Bonchev–Trinajstić information content (AvgIpc) is 2.38. The van der Waals surface area contributed by atoms with Crippen LogP contribution in [-0.4, -0.2) is 5.11 Å². The molecule has 0 saturated heterocycles. The largest absolute Gasteiger partial charge is 0.416 e. The van der Waals surface area contributed by atoms with Gasteiger partial charge in [0.15, 0.2) is 0 Å². The Bertz CT molecular complexity index is 467. The lowest BCUT2D eigenvalue weighted by Crippen LogP contribution is -2.40.